The van der Waals surface area contributed by atoms with Crippen molar-refractivity contribution >= 4 is 21.9 Å². The van der Waals surface area contributed by atoms with E-state index in [-0.39, 0.29) is 0 Å². The van der Waals surface area contributed by atoms with Crippen LogP contribution in [-0.2, 0) is 6.42 Å². The lowest BCUT2D eigenvalue weighted by atomic mass is 9.95. The maximum atomic E-state index is 6.14. The molecule has 0 spiro atoms. The monoisotopic (exact) mass is 342 g/mol. The van der Waals surface area contributed by atoms with Crippen LogP contribution in [0.5, 0.6) is 0 Å². The average molecular weight is 342 g/mol. The van der Waals surface area contributed by atoms with Gasteiger partial charge in [0.1, 0.15) is 11.2 Å². The van der Waals surface area contributed by atoms with Gasteiger partial charge in [-0.1, -0.05) is 43.9 Å². The van der Waals surface area contributed by atoms with E-state index in [1.54, 1.807) is 0 Å². The summed E-state index contributed by atoms with van der Waals surface area (Å²) in [6, 6.07) is 10.3. The van der Waals surface area contributed by atoms with E-state index in [1.165, 1.54) is 36.8 Å². The van der Waals surface area contributed by atoms with Crippen molar-refractivity contribution in [3.05, 3.63) is 60.0 Å². The molecule has 0 saturated heterocycles. The number of nitrogens with zero attached hydrogens (tertiary/aromatic N) is 2. The Balaban J connectivity index is 1.58. The van der Waals surface area contributed by atoms with E-state index in [2.05, 4.69) is 30.2 Å². The molecule has 3 aromatic heterocycles. The number of hydrogen-bond acceptors (Lipinski definition) is 3. The molecule has 1 aliphatic carbocycles. The number of hydrogen-bond donors (Lipinski definition) is 0. The molecule has 3 heterocycles. The van der Waals surface area contributed by atoms with Crippen LogP contribution >= 0.6 is 0 Å². The Labute approximate surface area is 153 Å². The lowest BCUT2D eigenvalue weighted by Crippen LogP contribution is -2.02. The van der Waals surface area contributed by atoms with Crippen LogP contribution in [0.4, 0.5) is 0 Å². The smallest absolute Gasteiger partial charge is 0.147 e. The number of rotatable bonds is 3. The van der Waals surface area contributed by atoms with Crippen molar-refractivity contribution in [1.29, 1.82) is 0 Å². The molecular formula is C23H22N2O. The van der Waals surface area contributed by atoms with Gasteiger partial charge < -0.3 is 4.42 Å². The average Bonchev–Trinajstić information content (AvgIpc) is 3.30. The minimum atomic E-state index is 0.835. The Kier molecular flexibility index (Phi) is 3.74. The summed E-state index contributed by atoms with van der Waals surface area (Å²) in [5, 5.41) is 2.15. The fourth-order valence-corrected chi connectivity index (χ4v) is 4.29. The summed E-state index contributed by atoms with van der Waals surface area (Å²) in [4.78, 5) is 9.22. The number of furan rings is 1. The molecule has 5 rings (SSSR count). The van der Waals surface area contributed by atoms with Gasteiger partial charge in [-0.05, 0) is 42.5 Å². The summed E-state index contributed by atoms with van der Waals surface area (Å²) in [7, 11) is 0. The molecule has 130 valence electrons. The van der Waals surface area contributed by atoms with E-state index in [9.17, 15) is 0 Å². The number of aromatic nitrogens is 2. The SMILES string of the molecule is Cc1cc(-c2cncc3c2oc2ccccc23)ncc1CC1CCCC1. The van der Waals surface area contributed by atoms with Gasteiger partial charge in [-0.3, -0.25) is 9.97 Å². The molecule has 0 radical (unpaired) electrons. The van der Waals surface area contributed by atoms with Gasteiger partial charge in [-0.15, -0.1) is 0 Å². The molecule has 4 aromatic rings. The normalized spacial score (nSPS) is 15.3. The van der Waals surface area contributed by atoms with Crippen molar-refractivity contribution in [2.75, 3.05) is 0 Å². The minimum Gasteiger partial charge on any atom is -0.455 e. The summed E-state index contributed by atoms with van der Waals surface area (Å²) in [6.07, 6.45) is 12.5. The van der Waals surface area contributed by atoms with Crippen LogP contribution in [0.3, 0.4) is 0 Å². The Hall–Kier alpha value is -2.68. The largest absolute Gasteiger partial charge is 0.455 e. The van der Waals surface area contributed by atoms with Crippen LogP contribution < -0.4 is 0 Å². The van der Waals surface area contributed by atoms with Gasteiger partial charge in [0.05, 0.1) is 11.3 Å². The van der Waals surface area contributed by atoms with E-state index >= 15 is 0 Å². The zero-order valence-corrected chi connectivity index (χ0v) is 15.0. The summed E-state index contributed by atoms with van der Waals surface area (Å²) < 4.78 is 6.14. The fourth-order valence-electron chi connectivity index (χ4n) is 4.29. The summed E-state index contributed by atoms with van der Waals surface area (Å²) in [5.74, 6) is 0.835. The van der Waals surface area contributed by atoms with Gasteiger partial charge in [0.15, 0.2) is 0 Å². The molecule has 0 amide bonds. The first-order chi connectivity index (χ1) is 12.8. The van der Waals surface area contributed by atoms with Crippen molar-refractivity contribution < 1.29 is 4.42 Å². The first-order valence-corrected chi connectivity index (χ1v) is 9.51. The second-order valence-electron chi connectivity index (χ2n) is 7.51. The van der Waals surface area contributed by atoms with E-state index in [1.807, 2.05) is 30.6 Å². The van der Waals surface area contributed by atoms with Crippen LogP contribution in [0.2, 0.25) is 0 Å². The maximum Gasteiger partial charge on any atom is 0.147 e. The Morgan fingerprint density at radius 1 is 1.04 bits per heavy atom. The molecule has 1 aromatic carbocycles. The van der Waals surface area contributed by atoms with Gasteiger partial charge in [0.25, 0.3) is 0 Å². The predicted molar refractivity (Wildman–Crippen MR) is 105 cm³/mol. The molecular weight excluding hydrogens is 320 g/mol. The van der Waals surface area contributed by atoms with Crippen molar-refractivity contribution in [2.45, 2.75) is 39.0 Å². The van der Waals surface area contributed by atoms with Crippen LogP contribution in [0.1, 0.15) is 36.8 Å². The molecule has 26 heavy (non-hydrogen) atoms. The Morgan fingerprint density at radius 2 is 1.88 bits per heavy atom. The number of fused-ring (bicyclic) bond motifs is 3. The molecule has 1 saturated carbocycles. The van der Waals surface area contributed by atoms with Crippen LogP contribution in [0.15, 0.2) is 53.3 Å². The lowest BCUT2D eigenvalue weighted by Gasteiger charge is -2.12. The van der Waals surface area contributed by atoms with Crippen LogP contribution in [-0.4, -0.2) is 9.97 Å². The zero-order chi connectivity index (χ0) is 17.5. The third-order valence-corrected chi connectivity index (χ3v) is 5.76. The standard InChI is InChI=1S/C23H22N2O/c1-15-10-21(25-12-17(15)11-16-6-2-3-7-16)20-14-24-13-19-18-8-4-5-9-22(18)26-23(19)20/h4-5,8-10,12-14,16H,2-3,6-7,11H2,1H3. The zero-order valence-electron chi connectivity index (χ0n) is 15.0. The first kappa shape index (κ1) is 15.6. The summed E-state index contributed by atoms with van der Waals surface area (Å²) in [5.41, 5.74) is 6.37. The van der Waals surface area contributed by atoms with Crippen molar-refractivity contribution in [1.82, 2.24) is 9.97 Å². The highest BCUT2D eigenvalue weighted by Crippen LogP contribution is 2.35. The fraction of sp³-hybridized carbons (Fsp3) is 0.304. The molecule has 3 nitrogen and oxygen atoms in total. The number of benzene rings is 1. The van der Waals surface area contributed by atoms with Gasteiger partial charge >= 0.3 is 0 Å². The highest BCUT2D eigenvalue weighted by atomic mass is 16.3. The Bertz CT molecular complexity index is 1090. The molecule has 0 N–H and O–H groups in total. The van der Waals surface area contributed by atoms with Crippen LogP contribution in [0, 0.1) is 12.8 Å². The van der Waals surface area contributed by atoms with E-state index in [0.717, 1.165) is 45.5 Å². The molecule has 1 aliphatic rings. The second kappa shape index (κ2) is 6.24. The molecule has 0 bridgehead atoms. The summed E-state index contributed by atoms with van der Waals surface area (Å²) in [6.45, 7) is 2.20. The van der Waals surface area contributed by atoms with E-state index in [4.69, 9.17) is 9.40 Å². The topological polar surface area (TPSA) is 38.9 Å². The van der Waals surface area contributed by atoms with E-state index in [0.29, 0.717) is 0 Å². The van der Waals surface area contributed by atoms with Crippen molar-refractivity contribution in [3.63, 3.8) is 0 Å². The molecule has 0 atom stereocenters. The van der Waals surface area contributed by atoms with Gasteiger partial charge in [-0.2, -0.15) is 0 Å². The van der Waals surface area contributed by atoms with Gasteiger partial charge in [-0.25, -0.2) is 0 Å². The highest BCUT2D eigenvalue weighted by Gasteiger charge is 2.18. The highest BCUT2D eigenvalue weighted by molar-refractivity contribution is 6.08. The number of para-hydroxylation sites is 1. The second-order valence-corrected chi connectivity index (χ2v) is 7.51. The quantitative estimate of drug-likeness (QED) is 0.452. The molecule has 3 heteroatoms. The third-order valence-electron chi connectivity index (χ3n) is 5.76. The van der Waals surface area contributed by atoms with Crippen LogP contribution in [0.25, 0.3) is 33.2 Å². The number of pyridine rings is 2. The first-order valence-electron chi connectivity index (χ1n) is 9.51. The molecule has 0 aliphatic heterocycles. The Morgan fingerprint density at radius 3 is 2.73 bits per heavy atom. The molecule has 1 fully saturated rings. The van der Waals surface area contributed by atoms with Gasteiger partial charge in [0, 0.05) is 29.4 Å². The van der Waals surface area contributed by atoms with Crippen molar-refractivity contribution in [2.24, 2.45) is 5.92 Å². The minimum absolute atomic E-state index is 0.835. The van der Waals surface area contributed by atoms with E-state index < -0.39 is 0 Å². The number of aryl methyl sites for hydroxylation is 1. The van der Waals surface area contributed by atoms with Crippen molar-refractivity contribution in [3.8, 4) is 11.3 Å². The third kappa shape index (κ3) is 2.59. The van der Waals surface area contributed by atoms with Gasteiger partial charge in [0.2, 0.25) is 0 Å². The molecule has 0 unspecified atom stereocenters. The predicted octanol–water partition coefficient (Wildman–Crippen LogP) is 6.08. The summed E-state index contributed by atoms with van der Waals surface area (Å²) >= 11 is 0. The lowest BCUT2D eigenvalue weighted by molar-refractivity contribution is 0.544. The maximum absolute atomic E-state index is 6.14.